The zero-order valence-electron chi connectivity index (χ0n) is 20.6. The molecule has 1 spiro atoms. The van der Waals surface area contributed by atoms with Crippen LogP contribution >= 0.6 is 0 Å². The molecule has 2 saturated heterocycles. The zero-order chi connectivity index (χ0) is 24.3. The Hall–Kier alpha value is -3.06. The summed E-state index contributed by atoms with van der Waals surface area (Å²) in [6, 6.07) is 16.7. The minimum atomic E-state index is -0.342. The second-order valence-corrected chi connectivity index (χ2v) is 10.2. The van der Waals surface area contributed by atoms with E-state index in [4.69, 9.17) is 4.42 Å². The van der Waals surface area contributed by atoms with Gasteiger partial charge in [-0.1, -0.05) is 36.4 Å². The summed E-state index contributed by atoms with van der Waals surface area (Å²) in [7, 11) is 1.73. The second-order valence-electron chi connectivity index (χ2n) is 10.2. The van der Waals surface area contributed by atoms with Gasteiger partial charge >= 0.3 is 11.8 Å². The molecule has 35 heavy (non-hydrogen) atoms. The highest BCUT2D eigenvalue weighted by Crippen LogP contribution is 2.49. The van der Waals surface area contributed by atoms with Crippen molar-refractivity contribution < 1.29 is 9.21 Å². The van der Waals surface area contributed by atoms with Crippen LogP contribution < -0.4 is 16.4 Å². The van der Waals surface area contributed by atoms with Crippen LogP contribution in [0.4, 0.5) is 4.79 Å². The van der Waals surface area contributed by atoms with Crippen LogP contribution in [0.25, 0.3) is 11.1 Å². The summed E-state index contributed by atoms with van der Waals surface area (Å²) in [4.78, 5) is 27.1. The van der Waals surface area contributed by atoms with Gasteiger partial charge in [0.2, 0.25) is 0 Å². The molecule has 5 rings (SSSR count). The summed E-state index contributed by atoms with van der Waals surface area (Å²) in [5, 5.41) is 6.65. The minimum absolute atomic E-state index is 0.0332. The molecule has 1 aromatic heterocycles. The Morgan fingerprint density at radius 3 is 2.71 bits per heavy atom. The van der Waals surface area contributed by atoms with Crippen LogP contribution in [0.5, 0.6) is 0 Å². The molecule has 2 aliphatic heterocycles. The number of oxazole rings is 1. The first-order valence-electron chi connectivity index (χ1n) is 12.9. The van der Waals surface area contributed by atoms with Gasteiger partial charge in [0, 0.05) is 32.6 Å². The first-order chi connectivity index (χ1) is 17.1. The molecule has 0 radical (unpaired) electrons. The maximum Gasteiger partial charge on any atom is 0.419 e. The van der Waals surface area contributed by atoms with Crippen LogP contribution in [-0.2, 0) is 13.5 Å². The molecule has 3 heterocycles. The predicted octanol–water partition coefficient (Wildman–Crippen LogP) is 4.02. The number of likely N-dealkylation sites (tertiary alicyclic amines) is 1. The molecule has 0 bridgehead atoms. The molecule has 0 aliphatic carbocycles. The molecule has 7 nitrogen and oxygen atoms in total. The topological polar surface area (TPSA) is 79.5 Å². The Morgan fingerprint density at radius 1 is 1.11 bits per heavy atom. The Morgan fingerprint density at radius 2 is 1.91 bits per heavy atom. The summed E-state index contributed by atoms with van der Waals surface area (Å²) in [6.45, 7) is 4.19. The molecule has 186 valence electrons. The number of hydrogen-bond acceptors (Lipinski definition) is 4. The van der Waals surface area contributed by atoms with Crippen molar-refractivity contribution in [3.05, 3.63) is 70.2 Å². The van der Waals surface area contributed by atoms with E-state index in [9.17, 15) is 9.59 Å². The molecule has 2 amide bonds. The number of unbranched alkanes of at least 4 members (excludes halogenated alkanes) is 1. The largest absolute Gasteiger partial charge is 0.419 e. The first-order valence-corrected chi connectivity index (χ1v) is 12.9. The van der Waals surface area contributed by atoms with Crippen LogP contribution in [0, 0.1) is 5.41 Å². The van der Waals surface area contributed by atoms with Crippen LogP contribution in [-0.4, -0.2) is 48.2 Å². The molecule has 1 atom stereocenters. The summed E-state index contributed by atoms with van der Waals surface area (Å²) in [5.41, 5.74) is 4.10. The number of carbonyl (C=O) groups excluding carboxylic acids is 1. The van der Waals surface area contributed by atoms with Gasteiger partial charge in [-0.2, -0.15) is 0 Å². The summed E-state index contributed by atoms with van der Waals surface area (Å²) in [5.74, 6) is -0.122. The van der Waals surface area contributed by atoms with E-state index in [1.807, 2.05) is 23.1 Å². The van der Waals surface area contributed by atoms with Crippen molar-refractivity contribution in [3.8, 4) is 0 Å². The van der Waals surface area contributed by atoms with Gasteiger partial charge in [0.25, 0.3) is 0 Å². The summed E-state index contributed by atoms with van der Waals surface area (Å²) < 4.78 is 7.03. The minimum Gasteiger partial charge on any atom is -0.408 e. The number of aryl methyl sites for hydroxylation is 2. The molecule has 2 N–H and O–H groups in total. The SMILES string of the molecule is Cn1c(=O)oc2cc(C3CN(C(=O)NCCCCc4ccccc4)CCC34CCNCC4)ccc21. The van der Waals surface area contributed by atoms with Crippen molar-refractivity contribution in [2.24, 2.45) is 12.5 Å². The molecule has 7 heteroatoms. The fourth-order valence-electron chi connectivity index (χ4n) is 5.98. The number of nitrogens with zero attached hydrogens (tertiary/aromatic N) is 2. The van der Waals surface area contributed by atoms with Gasteiger partial charge in [-0.05, 0) is 80.3 Å². The highest BCUT2D eigenvalue weighted by atomic mass is 16.4. The lowest BCUT2D eigenvalue weighted by molar-refractivity contribution is 0.0613. The number of rotatable bonds is 6. The number of piperidine rings is 2. The van der Waals surface area contributed by atoms with Gasteiger partial charge in [0.05, 0.1) is 5.52 Å². The number of urea groups is 1. The lowest BCUT2D eigenvalue weighted by Gasteiger charge is -2.50. The molecule has 2 fully saturated rings. The average Bonchev–Trinajstić information content (AvgIpc) is 3.17. The van der Waals surface area contributed by atoms with Crippen molar-refractivity contribution >= 4 is 17.1 Å². The van der Waals surface area contributed by atoms with Gasteiger partial charge in [-0.3, -0.25) is 4.57 Å². The van der Waals surface area contributed by atoms with Crippen LogP contribution in [0.3, 0.4) is 0 Å². The molecule has 1 unspecified atom stereocenters. The second kappa shape index (κ2) is 10.3. The van der Waals surface area contributed by atoms with E-state index in [0.29, 0.717) is 18.7 Å². The molecular weight excluding hydrogens is 440 g/mol. The molecule has 3 aromatic rings. The van der Waals surface area contributed by atoms with E-state index in [1.54, 1.807) is 7.05 Å². The van der Waals surface area contributed by atoms with Gasteiger partial charge in [0.1, 0.15) is 0 Å². The number of carbonyl (C=O) groups is 1. The van der Waals surface area contributed by atoms with Crippen molar-refractivity contribution in [1.29, 1.82) is 0 Å². The van der Waals surface area contributed by atoms with Gasteiger partial charge < -0.3 is 20.0 Å². The Kier molecular flexibility index (Phi) is 6.95. The predicted molar refractivity (Wildman–Crippen MR) is 138 cm³/mol. The number of nitrogens with one attached hydrogen (secondary N) is 2. The van der Waals surface area contributed by atoms with Gasteiger partial charge in [0.15, 0.2) is 5.58 Å². The third-order valence-electron chi connectivity index (χ3n) is 8.14. The standard InChI is InChI=1S/C28H36N4O3/c1-31-24-11-10-22(19-25(24)35-27(31)34)23-20-32(18-14-28(23)12-16-29-17-13-28)26(33)30-15-6-5-9-21-7-3-2-4-8-21/h2-4,7-8,10-11,19,23,29H,5-6,9,12-18,20H2,1H3,(H,30,33). The lowest BCUT2D eigenvalue weighted by Crippen LogP contribution is -2.53. The smallest absolute Gasteiger partial charge is 0.408 e. The molecule has 2 aromatic carbocycles. The van der Waals surface area contributed by atoms with Crippen molar-refractivity contribution in [1.82, 2.24) is 20.1 Å². The molecule has 2 aliphatic rings. The number of hydrogen-bond donors (Lipinski definition) is 2. The summed E-state index contributed by atoms with van der Waals surface area (Å²) >= 11 is 0. The fraction of sp³-hybridized carbons (Fsp3) is 0.500. The van der Waals surface area contributed by atoms with E-state index in [-0.39, 0.29) is 23.1 Å². The quantitative estimate of drug-likeness (QED) is 0.527. The number of fused-ring (bicyclic) bond motifs is 1. The highest BCUT2D eigenvalue weighted by Gasteiger charge is 2.45. The van der Waals surface area contributed by atoms with Gasteiger partial charge in [-0.15, -0.1) is 0 Å². The van der Waals surface area contributed by atoms with Crippen LogP contribution in [0.15, 0.2) is 57.7 Å². The number of benzene rings is 2. The highest BCUT2D eigenvalue weighted by molar-refractivity contribution is 5.75. The number of amides is 2. The van der Waals surface area contributed by atoms with E-state index in [0.717, 1.165) is 69.2 Å². The van der Waals surface area contributed by atoms with Gasteiger partial charge in [-0.25, -0.2) is 9.59 Å². The van der Waals surface area contributed by atoms with Crippen LogP contribution in [0.2, 0.25) is 0 Å². The van der Waals surface area contributed by atoms with E-state index < -0.39 is 0 Å². The van der Waals surface area contributed by atoms with E-state index >= 15 is 0 Å². The zero-order valence-corrected chi connectivity index (χ0v) is 20.6. The molecular formula is C28H36N4O3. The maximum absolute atomic E-state index is 13.1. The van der Waals surface area contributed by atoms with Crippen molar-refractivity contribution in [2.45, 2.75) is 44.4 Å². The maximum atomic E-state index is 13.1. The third-order valence-corrected chi connectivity index (χ3v) is 8.14. The summed E-state index contributed by atoms with van der Waals surface area (Å²) in [6.07, 6.45) is 6.27. The number of aromatic nitrogens is 1. The van der Waals surface area contributed by atoms with E-state index in [1.165, 1.54) is 10.1 Å². The lowest BCUT2D eigenvalue weighted by atomic mass is 9.62. The first kappa shape index (κ1) is 23.7. The average molecular weight is 477 g/mol. The Balaban J connectivity index is 1.25. The normalized spacial score (nSPS) is 19.8. The van der Waals surface area contributed by atoms with Crippen molar-refractivity contribution in [3.63, 3.8) is 0 Å². The monoisotopic (exact) mass is 476 g/mol. The van der Waals surface area contributed by atoms with Crippen molar-refractivity contribution in [2.75, 3.05) is 32.7 Å². The Labute approximate surface area is 206 Å². The third kappa shape index (κ3) is 5.01. The van der Waals surface area contributed by atoms with E-state index in [2.05, 4.69) is 41.0 Å². The molecule has 0 saturated carbocycles. The Bertz CT molecular complexity index is 1210. The van der Waals surface area contributed by atoms with Crippen LogP contribution in [0.1, 0.15) is 49.1 Å². The fourth-order valence-corrected chi connectivity index (χ4v) is 5.98.